The van der Waals surface area contributed by atoms with Gasteiger partial charge in [-0.3, -0.25) is 4.79 Å². The third-order valence-corrected chi connectivity index (χ3v) is 4.00. The molecular formula is C16H25N3O. The van der Waals surface area contributed by atoms with Gasteiger partial charge >= 0.3 is 0 Å². The van der Waals surface area contributed by atoms with E-state index in [1.54, 1.807) is 12.3 Å². The zero-order valence-electron chi connectivity index (χ0n) is 12.5. The maximum absolute atomic E-state index is 12.2. The van der Waals surface area contributed by atoms with Crippen LogP contribution in [0.3, 0.4) is 0 Å². The number of hydrogen-bond donors (Lipinski definition) is 2. The van der Waals surface area contributed by atoms with Crippen LogP contribution in [0.15, 0.2) is 18.3 Å². The van der Waals surface area contributed by atoms with Crippen molar-refractivity contribution < 1.29 is 4.79 Å². The lowest BCUT2D eigenvalue weighted by Crippen LogP contribution is -2.41. The second-order valence-electron chi connectivity index (χ2n) is 5.70. The van der Waals surface area contributed by atoms with Crippen LogP contribution in [-0.2, 0) is 0 Å². The average Bonchev–Trinajstić information content (AvgIpc) is 2.48. The Bertz CT molecular complexity index is 430. The van der Waals surface area contributed by atoms with Gasteiger partial charge in [-0.2, -0.15) is 0 Å². The van der Waals surface area contributed by atoms with Gasteiger partial charge in [0.05, 0.1) is 11.9 Å². The lowest BCUT2D eigenvalue weighted by molar-refractivity contribution is 0.0905. The highest BCUT2D eigenvalue weighted by Crippen LogP contribution is 2.23. The summed E-state index contributed by atoms with van der Waals surface area (Å²) in [5, 5.41) is 6.38. The molecule has 1 aliphatic carbocycles. The zero-order valence-corrected chi connectivity index (χ0v) is 12.5. The molecule has 2 N–H and O–H groups in total. The van der Waals surface area contributed by atoms with Crippen molar-refractivity contribution in [2.45, 2.75) is 52.0 Å². The topological polar surface area (TPSA) is 54.0 Å². The molecule has 2 rings (SSSR count). The number of nitrogens with one attached hydrogen (secondary N) is 2. The van der Waals surface area contributed by atoms with E-state index in [-0.39, 0.29) is 5.91 Å². The lowest BCUT2D eigenvalue weighted by atomic mass is 9.86. The zero-order chi connectivity index (χ0) is 14.4. The van der Waals surface area contributed by atoms with Crippen LogP contribution in [0.5, 0.6) is 0 Å². The van der Waals surface area contributed by atoms with Crippen LogP contribution in [0.4, 0.5) is 5.69 Å². The molecule has 1 aromatic rings. The van der Waals surface area contributed by atoms with E-state index < -0.39 is 0 Å². The fourth-order valence-corrected chi connectivity index (χ4v) is 2.68. The first-order valence-corrected chi connectivity index (χ1v) is 7.71. The van der Waals surface area contributed by atoms with Crippen molar-refractivity contribution in [1.82, 2.24) is 10.3 Å². The van der Waals surface area contributed by atoms with Gasteiger partial charge in [-0.05, 0) is 37.3 Å². The fourth-order valence-electron chi connectivity index (χ4n) is 2.68. The third-order valence-electron chi connectivity index (χ3n) is 4.00. The van der Waals surface area contributed by atoms with Gasteiger partial charge in [0.2, 0.25) is 0 Å². The molecule has 0 aromatic carbocycles. The molecule has 0 spiro atoms. The molecule has 20 heavy (non-hydrogen) atoms. The number of rotatable bonds is 5. The molecule has 1 fully saturated rings. The standard InChI is InChI=1S/C16H25N3O/c1-3-10-17-13-8-9-15(18-11-13)16(20)19-14-7-5-4-6-12(14)2/h8-9,11-12,14,17H,3-7,10H2,1-2H3,(H,19,20). The van der Waals surface area contributed by atoms with Crippen molar-refractivity contribution >= 4 is 11.6 Å². The first-order chi connectivity index (χ1) is 9.70. The second-order valence-corrected chi connectivity index (χ2v) is 5.70. The highest BCUT2D eigenvalue weighted by atomic mass is 16.1. The van der Waals surface area contributed by atoms with Gasteiger partial charge in [-0.15, -0.1) is 0 Å². The predicted molar refractivity (Wildman–Crippen MR) is 81.9 cm³/mol. The van der Waals surface area contributed by atoms with Crippen LogP contribution < -0.4 is 10.6 Å². The van der Waals surface area contributed by atoms with Crippen molar-refractivity contribution in [3.63, 3.8) is 0 Å². The van der Waals surface area contributed by atoms with Crippen LogP contribution in [0.2, 0.25) is 0 Å². The second kappa shape index (κ2) is 7.27. The Kier molecular flexibility index (Phi) is 5.39. The summed E-state index contributed by atoms with van der Waals surface area (Å²) >= 11 is 0. The summed E-state index contributed by atoms with van der Waals surface area (Å²) in [6.45, 7) is 5.26. The van der Waals surface area contributed by atoms with Gasteiger partial charge in [0, 0.05) is 12.6 Å². The summed E-state index contributed by atoms with van der Waals surface area (Å²) < 4.78 is 0. The molecule has 1 saturated carbocycles. The van der Waals surface area contributed by atoms with Crippen molar-refractivity contribution in [2.75, 3.05) is 11.9 Å². The van der Waals surface area contributed by atoms with E-state index in [1.807, 2.05) is 6.07 Å². The molecule has 4 nitrogen and oxygen atoms in total. The summed E-state index contributed by atoms with van der Waals surface area (Å²) in [5.41, 5.74) is 1.47. The lowest BCUT2D eigenvalue weighted by Gasteiger charge is -2.29. The van der Waals surface area contributed by atoms with E-state index in [1.165, 1.54) is 19.3 Å². The highest BCUT2D eigenvalue weighted by Gasteiger charge is 2.23. The number of aromatic nitrogens is 1. The fraction of sp³-hybridized carbons (Fsp3) is 0.625. The number of carbonyl (C=O) groups excluding carboxylic acids is 1. The van der Waals surface area contributed by atoms with Crippen molar-refractivity contribution in [1.29, 1.82) is 0 Å². The van der Waals surface area contributed by atoms with E-state index in [0.717, 1.165) is 25.1 Å². The van der Waals surface area contributed by atoms with E-state index in [4.69, 9.17) is 0 Å². The van der Waals surface area contributed by atoms with E-state index in [2.05, 4.69) is 29.5 Å². The summed E-state index contributed by atoms with van der Waals surface area (Å²) in [7, 11) is 0. The van der Waals surface area contributed by atoms with E-state index in [0.29, 0.717) is 17.7 Å². The molecule has 1 heterocycles. The van der Waals surface area contributed by atoms with E-state index >= 15 is 0 Å². The molecule has 1 amide bonds. The smallest absolute Gasteiger partial charge is 0.270 e. The minimum atomic E-state index is -0.0502. The molecular weight excluding hydrogens is 250 g/mol. The van der Waals surface area contributed by atoms with Crippen molar-refractivity contribution in [2.24, 2.45) is 5.92 Å². The summed E-state index contributed by atoms with van der Waals surface area (Å²) in [5.74, 6) is 0.518. The van der Waals surface area contributed by atoms with Crippen LogP contribution in [0, 0.1) is 5.92 Å². The average molecular weight is 275 g/mol. The minimum absolute atomic E-state index is 0.0502. The maximum atomic E-state index is 12.2. The largest absolute Gasteiger partial charge is 0.384 e. The van der Waals surface area contributed by atoms with Gasteiger partial charge in [0.25, 0.3) is 5.91 Å². The minimum Gasteiger partial charge on any atom is -0.384 e. The molecule has 1 aliphatic rings. The number of hydrogen-bond acceptors (Lipinski definition) is 3. The number of carbonyl (C=O) groups is 1. The van der Waals surface area contributed by atoms with Crippen molar-refractivity contribution in [3.8, 4) is 0 Å². The summed E-state index contributed by atoms with van der Waals surface area (Å²) in [6.07, 6.45) is 7.59. The molecule has 4 heteroatoms. The van der Waals surface area contributed by atoms with Crippen LogP contribution in [0.25, 0.3) is 0 Å². The quantitative estimate of drug-likeness (QED) is 0.867. The molecule has 0 radical (unpaired) electrons. The van der Waals surface area contributed by atoms with Gasteiger partial charge in [-0.25, -0.2) is 4.98 Å². The molecule has 2 atom stereocenters. The molecule has 2 unspecified atom stereocenters. The van der Waals surface area contributed by atoms with Gasteiger partial charge in [-0.1, -0.05) is 26.7 Å². The SMILES string of the molecule is CCCNc1ccc(C(=O)NC2CCCCC2C)nc1. The molecule has 1 aromatic heterocycles. The Morgan fingerprint density at radius 2 is 2.15 bits per heavy atom. The highest BCUT2D eigenvalue weighted by molar-refractivity contribution is 5.92. The Morgan fingerprint density at radius 3 is 2.80 bits per heavy atom. The van der Waals surface area contributed by atoms with Crippen LogP contribution in [0.1, 0.15) is 56.4 Å². The van der Waals surface area contributed by atoms with Crippen LogP contribution >= 0.6 is 0 Å². The molecule has 0 aliphatic heterocycles. The number of nitrogens with zero attached hydrogens (tertiary/aromatic N) is 1. The van der Waals surface area contributed by atoms with Gasteiger partial charge in [0.1, 0.15) is 5.69 Å². The monoisotopic (exact) mass is 275 g/mol. The Hall–Kier alpha value is -1.58. The maximum Gasteiger partial charge on any atom is 0.270 e. The Labute approximate surface area is 121 Å². The molecule has 110 valence electrons. The normalized spacial score (nSPS) is 22.3. The summed E-state index contributed by atoms with van der Waals surface area (Å²) in [4.78, 5) is 16.4. The predicted octanol–water partition coefficient (Wildman–Crippen LogP) is 3.21. The first kappa shape index (κ1) is 14.8. The van der Waals surface area contributed by atoms with Gasteiger partial charge in [0.15, 0.2) is 0 Å². The summed E-state index contributed by atoms with van der Waals surface area (Å²) in [6, 6.07) is 4.01. The first-order valence-electron chi connectivity index (χ1n) is 7.71. The molecule has 0 bridgehead atoms. The molecule has 0 saturated heterocycles. The number of amides is 1. The van der Waals surface area contributed by atoms with E-state index in [9.17, 15) is 4.79 Å². The number of anilines is 1. The third kappa shape index (κ3) is 3.95. The van der Waals surface area contributed by atoms with Crippen LogP contribution in [-0.4, -0.2) is 23.5 Å². The number of pyridine rings is 1. The Morgan fingerprint density at radius 1 is 1.35 bits per heavy atom. The van der Waals surface area contributed by atoms with Crippen molar-refractivity contribution in [3.05, 3.63) is 24.0 Å². The Balaban J connectivity index is 1.91. The van der Waals surface area contributed by atoms with Gasteiger partial charge < -0.3 is 10.6 Å².